The summed E-state index contributed by atoms with van der Waals surface area (Å²) in [6.07, 6.45) is 4.88. The number of carbonyl (C=O) groups excluding carboxylic acids is 1. The minimum Gasteiger partial charge on any atom is -0.339 e. The van der Waals surface area contributed by atoms with Crippen molar-refractivity contribution in [3.05, 3.63) is 40.1 Å². The zero-order chi connectivity index (χ0) is 14.5. The minimum absolute atomic E-state index is 0.0868. The second-order valence-corrected chi connectivity index (χ2v) is 5.85. The molecular weight excluding hydrogens is 323 g/mol. The van der Waals surface area contributed by atoms with Crippen molar-refractivity contribution in [2.45, 2.75) is 18.9 Å². The van der Waals surface area contributed by atoms with E-state index < -0.39 is 0 Å². The topological polar surface area (TPSA) is 32.3 Å². The SMILES string of the molecule is CN(C(=O)C=Cc1cc(Br)ccc1F)C1CCNCC1. The summed E-state index contributed by atoms with van der Waals surface area (Å²) in [6.45, 7) is 1.87. The fourth-order valence-corrected chi connectivity index (χ4v) is 2.67. The van der Waals surface area contributed by atoms with Gasteiger partial charge in [0.1, 0.15) is 5.82 Å². The maximum atomic E-state index is 13.6. The number of nitrogens with zero attached hydrogens (tertiary/aromatic N) is 1. The Morgan fingerprint density at radius 3 is 2.85 bits per heavy atom. The first-order valence-corrected chi connectivity index (χ1v) is 7.48. The van der Waals surface area contributed by atoms with E-state index >= 15 is 0 Å². The van der Waals surface area contributed by atoms with Crippen LogP contribution < -0.4 is 5.32 Å². The molecule has 1 saturated heterocycles. The highest BCUT2D eigenvalue weighted by Crippen LogP contribution is 2.17. The molecule has 108 valence electrons. The number of halogens is 2. The Bertz CT molecular complexity index is 513. The third-order valence-corrected chi connectivity index (χ3v) is 4.06. The van der Waals surface area contributed by atoms with Crippen LogP contribution in [0.15, 0.2) is 28.7 Å². The van der Waals surface area contributed by atoms with Crippen molar-refractivity contribution >= 4 is 27.9 Å². The lowest BCUT2D eigenvalue weighted by Crippen LogP contribution is -2.43. The maximum absolute atomic E-state index is 13.6. The molecule has 0 aromatic heterocycles. The van der Waals surface area contributed by atoms with E-state index in [9.17, 15) is 9.18 Å². The highest BCUT2D eigenvalue weighted by atomic mass is 79.9. The molecule has 1 fully saturated rings. The Balaban J connectivity index is 2.02. The molecule has 0 radical (unpaired) electrons. The summed E-state index contributed by atoms with van der Waals surface area (Å²) < 4.78 is 14.4. The van der Waals surface area contributed by atoms with Crippen LogP contribution in [0.1, 0.15) is 18.4 Å². The Morgan fingerprint density at radius 1 is 1.45 bits per heavy atom. The molecule has 2 rings (SSSR count). The van der Waals surface area contributed by atoms with Crippen molar-refractivity contribution < 1.29 is 9.18 Å². The van der Waals surface area contributed by atoms with Gasteiger partial charge in [0.25, 0.3) is 0 Å². The third kappa shape index (κ3) is 3.90. The van der Waals surface area contributed by atoms with Gasteiger partial charge in [-0.1, -0.05) is 15.9 Å². The highest BCUT2D eigenvalue weighted by Gasteiger charge is 2.20. The Hall–Kier alpha value is -1.20. The zero-order valence-corrected chi connectivity index (χ0v) is 13.0. The van der Waals surface area contributed by atoms with Crippen LogP contribution in [-0.4, -0.2) is 37.0 Å². The number of amides is 1. The minimum atomic E-state index is -0.332. The van der Waals surface area contributed by atoms with Gasteiger partial charge in [-0.3, -0.25) is 4.79 Å². The van der Waals surface area contributed by atoms with Gasteiger partial charge in [0, 0.05) is 29.2 Å². The van der Waals surface area contributed by atoms with E-state index in [2.05, 4.69) is 21.2 Å². The number of piperidine rings is 1. The molecule has 0 atom stereocenters. The molecule has 1 aliphatic rings. The van der Waals surface area contributed by atoms with Crippen LogP contribution in [0.3, 0.4) is 0 Å². The standard InChI is InChI=1S/C15H18BrFN2O/c1-19(13-6-8-18-9-7-13)15(20)5-2-11-10-12(16)3-4-14(11)17/h2-5,10,13,18H,6-9H2,1H3. The number of hydrogen-bond acceptors (Lipinski definition) is 2. The molecule has 5 heteroatoms. The van der Waals surface area contributed by atoms with E-state index in [0.29, 0.717) is 5.56 Å². The molecule has 1 aromatic carbocycles. The summed E-state index contributed by atoms with van der Waals surface area (Å²) >= 11 is 3.29. The average Bonchev–Trinajstić information content (AvgIpc) is 2.48. The molecule has 0 bridgehead atoms. The fourth-order valence-electron chi connectivity index (χ4n) is 2.29. The Labute approximate surface area is 127 Å². The number of hydrogen-bond donors (Lipinski definition) is 1. The summed E-state index contributed by atoms with van der Waals surface area (Å²) in [5, 5.41) is 3.27. The molecule has 1 aromatic rings. The first-order chi connectivity index (χ1) is 9.58. The van der Waals surface area contributed by atoms with Crippen LogP contribution in [0.2, 0.25) is 0 Å². The van der Waals surface area contributed by atoms with Gasteiger partial charge in [-0.15, -0.1) is 0 Å². The number of rotatable bonds is 3. The van der Waals surface area contributed by atoms with Gasteiger partial charge in [0.15, 0.2) is 0 Å². The van der Waals surface area contributed by atoms with Crippen LogP contribution in [0.4, 0.5) is 4.39 Å². The molecule has 0 aliphatic carbocycles. The van der Waals surface area contributed by atoms with Gasteiger partial charge in [0.2, 0.25) is 5.91 Å². The summed E-state index contributed by atoms with van der Waals surface area (Å²) in [7, 11) is 1.81. The van der Waals surface area contributed by atoms with Crippen molar-refractivity contribution in [1.82, 2.24) is 10.2 Å². The van der Waals surface area contributed by atoms with Gasteiger partial charge in [-0.25, -0.2) is 4.39 Å². The van der Waals surface area contributed by atoms with Gasteiger partial charge < -0.3 is 10.2 Å². The van der Waals surface area contributed by atoms with Crippen molar-refractivity contribution in [2.24, 2.45) is 0 Å². The van der Waals surface area contributed by atoms with Crippen molar-refractivity contribution in [3.63, 3.8) is 0 Å². The molecule has 20 heavy (non-hydrogen) atoms. The van der Waals surface area contributed by atoms with E-state index in [4.69, 9.17) is 0 Å². The van der Waals surface area contributed by atoms with Crippen molar-refractivity contribution in [2.75, 3.05) is 20.1 Å². The molecule has 3 nitrogen and oxygen atoms in total. The molecular formula is C15H18BrFN2O. The van der Waals surface area contributed by atoms with Gasteiger partial charge in [0.05, 0.1) is 0 Å². The maximum Gasteiger partial charge on any atom is 0.246 e. The van der Waals surface area contributed by atoms with E-state index in [1.807, 2.05) is 0 Å². The Morgan fingerprint density at radius 2 is 2.15 bits per heavy atom. The lowest BCUT2D eigenvalue weighted by atomic mass is 10.1. The van der Waals surface area contributed by atoms with Crippen LogP contribution in [0, 0.1) is 5.82 Å². The molecule has 0 unspecified atom stereocenters. The molecule has 0 saturated carbocycles. The van der Waals surface area contributed by atoms with Gasteiger partial charge in [-0.05, 0) is 50.2 Å². The number of benzene rings is 1. The highest BCUT2D eigenvalue weighted by molar-refractivity contribution is 9.10. The molecule has 1 heterocycles. The molecule has 1 aliphatic heterocycles. The monoisotopic (exact) mass is 340 g/mol. The normalized spacial score (nSPS) is 16.6. The lowest BCUT2D eigenvalue weighted by molar-refractivity contribution is -0.127. The summed E-state index contributed by atoms with van der Waals surface area (Å²) in [5.41, 5.74) is 0.409. The molecule has 1 N–H and O–H groups in total. The van der Waals surface area contributed by atoms with Crippen molar-refractivity contribution in [1.29, 1.82) is 0 Å². The smallest absolute Gasteiger partial charge is 0.246 e. The van der Waals surface area contributed by atoms with Crippen LogP contribution in [0.25, 0.3) is 6.08 Å². The van der Waals surface area contributed by atoms with Gasteiger partial charge in [-0.2, -0.15) is 0 Å². The third-order valence-electron chi connectivity index (χ3n) is 3.57. The Kier molecular flexibility index (Phi) is 5.31. The van der Waals surface area contributed by atoms with Crippen LogP contribution in [0.5, 0.6) is 0 Å². The zero-order valence-electron chi connectivity index (χ0n) is 11.4. The average molecular weight is 341 g/mol. The number of nitrogens with one attached hydrogen (secondary N) is 1. The second kappa shape index (κ2) is 6.99. The predicted molar refractivity (Wildman–Crippen MR) is 81.8 cm³/mol. The van der Waals surface area contributed by atoms with Crippen molar-refractivity contribution in [3.8, 4) is 0 Å². The molecule has 1 amide bonds. The largest absolute Gasteiger partial charge is 0.339 e. The first-order valence-electron chi connectivity index (χ1n) is 6.68. The summed E-state index contributed by atoms with van der Waals surface area (Å²) in [6, 6.07) is 4.94. The van der Waals surface area contributed by atoms with Crippen LogP contribution >= 0.6 is 15.9 Å². The van der Waals surface area contributed by atoms with E-state index in [0.717, 1.165) is 30.4 Å². The van der Waals surface area contributed by atoms with E-state index in [-0.39, 0.29) is 17.8 Å². The van der Waals surface area contributed by atoms with E-state index in [1.54, 1.807) is 24.1 Å². The lowest BCUT2D eigenvalue weighted by Gasteiger charge is -2.30. The second-order valence-electron chi connectivity index (χ2n) is 4.93. The number of carbonyl (C=O) groups is 1. The fraction of sp³-hybridized carbons (Fsp3) is 0.400. The quantitative estimate of drug-likeness (QED) is 0.858. The number of likely N-dealkylation sites (N-methyl/N-ethyl adjacent to an activating group) is 1. The molecule has 0 spiro atoms. The summed E-state index contributed by atoms with van der Waals surface area (Å²) in [5.74, 6) is -0.418. The van der Waals surface area contributed by atoms with Gasteiger partial charge >= 0.3 is 0 Å². The first kappa shape index (κ1) is 15.2. The predicted octanol–water partition coefficient (Wildman–Crippen LogP) is 2.81. The summed E-state index contributed by atoms with van der Waals surface area (Å²) in [4.78, 5) is 13.8. The van der Waals surface area contributed by atoms with E-state index in [1.165, 1.54) is 18.2 Å². The van der Waals surface area contributed by atoms with Crippen LogP contribution in [-0.2, 0) is 4.79 Å².